The molecular weight excluding hydrogens is 403 g/mol. The van der Waals surface area contributed by atoms with Crippen molar-refractivity contribution in [3.8, 4) is 0 Å². The van der Waals surface area contributed by atoms with Crippen molar-refractivity contribution in [1.29, 1.82) is 0 Å². The molecule has 0 aliphatic carbocycles. The molecule has 2 bridgehead atoms. The highest BCUT2D eigenvalue weighted by Crippen LogP contribution is 2.36. The van der Waals surface area contributed by atoms with E-state index in [0.29, 0.717) is 6.04 Å². The fourth-order valence-electron chi connectivity index (χ4n) is 5.74. The molecule has 2 aromatic carbocycles. The maximum atomic E-state index is 13.2. The lowest BCUT2D eigenvalue weighted by atomic mass is 9.75. The molecule has 1 N–H and O–H groups in total. The number of fused-ring (bicyclic) bond motifs is 3. The molecule has 6 rings (SSSR count). The smallest absolute Gasteiger partial charge is 0.251 e. The van der Waals surface area contributed by atoms with Gasteiger partial charge in [0.2, 0.25) is 0 Å². The minimum Gasteiger partial charge on any atom is -0.369 e. The van der Waals surface area contributed by atoms with Crippen LogP contribution < -0.4 is 10.2 Å². The van der Waals surface area contributed by atoms with Crippen molar-refractivity contribution in [2.24, 2.45) is 11.8 Å². The molecule has 32 heavy (non-hydrogen) atoms. The number of nitrogens with zero attached hydrogens (tertiary/aromatic N) is 3. The van der Waals surface area contributed by atoms with Crippen molar-refractivity contribution < 1.29 is 9.18 Å². The Bertz CT molecular complexity index is 898. The highest BCUT2D eigenvalue weighted by atomic mass is 19.1. The van der Waals surface area contributed by atoms with Gasteiger partial charge in [-0.05, 0) is 67.6 Å². The topological polar surface area (TPSA) is 38.8 Å². The van der Waals surface area contributed by atoms with E-state index >= 15 is 0 Å². The largest absolute Gasteiger partial charge is 0.369 e. The van der Waals surface area contributed by atoms with Gasteiger partial charge in [-0.25, -0.2) is 4.39 Å². The summed E-state index contributed by atoms with van der Waals surface area (Å²) in [5.41, 5.74) is 1.86. The third-order valence-corrected chi connectivity index (χ3v) is 7.61. The van der Waals surface area contributed by atoms with Crippen molar-refractivity contribution >= 4 is 11.6 Å². The first-order valence-electron chi connectivity index (χ1n) is 12.0. The number of nitrogens with one attached hydrogen (secondary N) is 1. The summed E-state index contributed by atoms with van der Waals surface area (Å²) in [6.45, 7) is 8.35. The number of amides is 1. The SMILES string of the molecule is O=C(NC[C@H]1C[C@@H]2CCN1C[C@@H]2CN1CCN(c2ccc(F)cc2)CC1)c1ccccc1. The standard InChI is InChI=1S/C26H33FN4O/c27-23-6-8-24(9-7-23)30-14-12-29(13-15-30)18-22-19-31-11-10-21(22)16-25(31)17-28-26(32)20-4-2-1-3-5-20/h1-9,21-22,25H,10-19H2,(H,28,32)/t21-,22-,25+/m0/s1. The molecule has 0 saturated carbocycles. The summed E-state index contributed by atoms with van der Waals surface area (Å²) < 4.78 is 13.2. The Morgan fingerprint density at radius 3 is 2.41 bits per heavy atom. The van der Waals surface area contributed by atoms with Crippen molar-refractivity contribution in [3.05, 3.63) is 66.0 Å². The van der Waals surface area contributed by atoms with Crippen molar-refractivity contribution in [2.75, 3.05) is 57.3 Å². The fraction of sp³-hybridized carbons (Fsp3) is 0.500. The Hall–Kier alpha value is -2.44. The minimum absolute atomic E-state index is 0.0313. The Labute approximate surface area is 190 Å². The summed E-state index contributed by atoms with van der Waals surface area (Å²) in [5, 5.41) is 3.15. The lowest BCUT2D eigenvalue weighted by Gasteiger charge is -2.51. The van der Waals surface area contributed by atoms with Crippen LogP contribution in [0.5, 0.6) is 0 Å². The van der Waals surface area contributed by atoms with Crippen molar-refractivity contribution in [1.82, 2.24) is 15.1 Å². The number of carbonyl (C=O) groups is 1. The van der Waals surface area contributed by atoms with Crippen molar-refractivity contribution in [2.45, 2.75) is 18.9 Å². The van der Waals surface area contributed by atoms with Gasteiger partial charge >= 0.3 is 0 Å². The zero-order chi connectivity index (χ0) is 21.9. The van der Waals surface area contributed by atoms with Gasteiger partial charge in [0.25, 0.3) is 5.91 Å². The summed E-state index contributed by atoms with van der Waals surface area (Å²) in [6.07, 6.45) is 2.47. The molecule has 4 saturated heterocycles. The van der Waals surface area contributed by atoms with Crippen LogP contribution in [0.3, 0.4) is 0 Å². The Kier molecular flexibility index (Phi) is 6.42. The van der Waals surface area contributed by atoms with Gasteiger partial charge in [-0.1, -0.05) is 18.2 Å². The number of anilines is 1. The zero-order valence-corrected chi connectivity index (χ0v) is 18.6. The van der Waals surface area contributed by atoms with Gasteiger partial charge in [0.1, 0.15) is 5.82 Å². The molecule has 4 heterocycles. The molecule has 0 radical (unpaired) electrons. The normalized spacial score (nSPS) is 28.0. The third kappa shape index (κ3) is 4.81. The molecule has 4 aliphatic rings. The van der Waals surface area contributed by atoms with Gasteiger partial charge in [-0.2, -0.15) is 0 Å². The van der Waals surface area contributed by atoms with E-state index < -0.39 is 0 Å². The van der Waals surface area contributed by atoms with E-state index in [9.17, 15) is 9.18 Å². The van der Waals surface area contributed by atoms with E-state index in [1.165, 1.54) is 19.4 Å². The summed E-state index contributed by atoms with van der Waals surface area (Å²) in [6, 6.07) is 16.8. The molecule has 5 nitrogen and oxygen atoms in total. The second-order valence-corrected chi connectivity index (χ2v) is 9.53. The van der Waals surface area contributed by atoms with E-state index in [1.807, 2.05) is 42.5 Å². The maximum absolute atomic E-state index is 13.2. The van der Waals surface area contributed by atoms with Crippen molar-refractivity contribution in [3.63, 3.8) is 0 Å². The summed E-state index contributed by atoms with van der Waals surface area (Å²) in [5.74, 6) is 1.34. The quantitative estimate of drug-likeness (QED) is 0.756. The van der Waals surface area contributed by atoms with Crippen LogP contribution in [0.4, 0.5) is 10.1 Å². The van der Waals surface area contributed by atoms with Gasteiger partial charge in [0, 0.05) is 63.1 Å². The van der Waals surface area contributed by atoms with E-state index in [-0.39, 0.29) is 11.7 Å². The Morgan fingerprint density at radius 2 is 1.72 bits per heavy atom. The predicted octanol–water partition coefficient (Wildman–Crippen LogP) is 3.09. The molecule has 2 aromatic rings. The van der Waals surface area contributed by atoms with Crippen LogP contribution in [0.15, 0.2) is 54.6 Å². The van der Waals surface area contributed by atoms with Gasteiger partial charge in [-0.3, -0.25) is 14.6 Å². The average Bonchev–Trinajstić information content (AvgIpc) is 2.85. The first-order valence-corrected chi connectivity index (χ1v) is 12.0. The lowest BCUT2D eigenvalue weighted by Crippen LogP contribution is -2.59. The van der Waals surface area contributed by atoms with Crippen LogP contribution in [0.25, 0.3) is 0 Å². The number of hydrogen-bond donors (Lipinski definition) is 1. The first-order chi connectivity index (χ1) is 15.7. The number of hydrogen-bond acceptors (Lipinski definition) is 4. The van der Waals surface area contributed by atoms with E-state index in [1.54, 1.807) is 12.1 Å². The zero-order valence-electron chi connectivity index (χ0n) is 18.6. The van der Waals surface area contributed by atoms with E-state index in [4.69, 9.17) is 0 Å². The van der Waals surface area contributed by atoms with Gasteiger partial charge in [-0.15, -0.1) is 0 Å². The molecule has 4 fully saturated rings. The van der Waals surface area contributed by atoms with E-state index in [0.717, 1.165) is 68.9 Å². The molecule has 170 valence electrons. The number of piperazine rings is 1. The fourth-order valence-corrected chi connectivity index (χ4v) is 5.74. The first kappa shape index (κ1) is 21.4. The highest BCUT2D eigenvalue weighted by Gasteiger charge is 2.40. The van der Waals surface area contributed by atoms with Gasteiger partial charge < -0.3 is 10.2 Å². The van der Waals surface area contributed by atoms with Crippen LogP contribution in [0.1, 0.15) is 23.2 Å². The monoisotopic (exact) mass is 436 g/mol. The average molecular weight is 437 g/mol. The Morgan fingerprint density at radius 1 is 0.969 bits per heavy atom. The van der Waals surface area contributed by atoms with Crippen LogP contribution in [-0.4, -0.2) is 74.1 Å². The second kappa shape index (κ2) is 9.59. The lowest BCUT2D eigenvalue weighted by molar-refractivity contribution is -0.0120. The van der Waals surface area contributed by atoms with Crippen LogP contribution in [0, 0.1) is 17.7 Å². The summed E-state index contributed by atoms with van der Waals surface area (Å²) in [4.78, 5) is 20.0. The van der Waals surface area contributed by atoms with Gasteiger partial charge in [0.15, 0.2) is 0 Å². The maximum Gasteiger partial charge on any atom is 0.251 e. The summed E-state index contributed by atoms with van der Waals surface area (Å²) >= 11 is 0. The minimum atomic E-state index is -0.173. The molecule has 4 atom stereocenters. The summed E-state index contributed by atoms with van der Waals surface area (Å²) in [7, 11) is 0. The molecule has 0 spiro atoms. The number of piperidine rings is 3. The number of rotatable bonds is 6. The van der Waals surface area contributed by atoms with Crippen LogP contribution in [0.2, 0.25) is 0 Å². The Balaban J connectivity index is 1.08. The highest BCUT2D eigenvalue weighted by molar-refractivity contribution is 5.94. The second-order valence-electron chi connectivity index (χ2n) is 9.53. The molecule has 0 aromatic heterocycles. The molecular formula is C26H33FN4O. The third-order valence-electron chi connectivity index (χ3n) is 7.61. The molecule has 4 aliphatic heterocycles. The van der Waals surface area contributed by atoms with E-state index in [2.05, 4.69) is 20.0 Å². The number of benzene rings is 2. The van der Waals surface area contributed by atoms with Crippen LogP contribution in [-0.2, 0) is 0 Å². The molecule has 1 unspecified atom stereocenters. The molecule has 6 heteroatoms. The van der Waals surface area contributed by atoms with Crippen LogP contribution >= 0.6 is 0 Å². The molecule has 1 amide bonds. The van der Waals surface area contributed by atoms with Gasteiger partial charge in [0.05, 0.1) is 0 Å². The predicted molar refractivity (Wildman–Crippen MR) is 125 cm³/mol. The number of halogens is 1. The number of carbonyl (C=O) groups excluding carboxylic acids is 1.